The lowest BCUT2D eigenvalue weighted by Crippen LogP contribution is -2.42. The Morgan fingerprint density at radius 1 is 1.03 bits per heavy atom. The van der Waals surface area contributed by atoms with Crippen molar-refractivity contribution in [3.63, 3.8) is 0 Å². The van der Waals surface area contributed by atoms with Crippen molar-refractivity contribution in [2.75, 3.05) is 5.73 Å². The predicted octanol–water partition coefficient (Wildman–Crippen LogP) is 4.60. The molecule has 29 heavy (non-hydrogen) atoms. The average Bonchev–Trinajstić information content (AvgIpc) is 2.68. The second-order valence-electron chi connectivity index (χ2n) is 7.51. The zero-order valence-corrected chi connectivity index (χ0v) is 17.4. The van der Waals surface area contributed by atoms with Crippen LogP contribution in [0.25, 0.3) is 22.3 Å². The lowest BCUT2D eigenvalue weighted by Gasteiger charge is -2.25. The van der Waals surface area contributed by atoms with Crippen LogP contribution in [0.15, 0.2) is 65.7 Å². The molecule has 3 aromatic rings. The number of nitrogens with zero attached hydrogens (tertiary/aromatic N) is 1. The standard InChI is InChI=1S/C22H24FN3O2S/c1-4-22(2,3)26-29(27,28)20-8-6-5-7-18(20)15-9-11-17(19(23)13-15)16-10-12-21(24)25-14-16/h5-14,26H,4H2,1-3H3,(H2,24,25). The summed E-state index contributed by atoms with van der Waals surface area (Å²) in [5, 5.41) is 0. The molecular weight excluding hydrogens is 389 g/mol. The van der Waals surface area contributed by atoms with Gasteiger partial charge in [-0.3, -0.25) is 0 Å². The minimum absolute atomic E-state index is 0.114. The number of rotatable bonds is 6. The molecular formula is C22H24FN3O2S. The van der Waals surface area contributed by atoms with Crippen molar-refractivity contribution in [2.24, 2.45) is 0 Å². The Balaban J connectivity index is 2.04. The third-order valence-corrected chi connectivity index (χ3v) is 6.60. The van der Waals surface area contributed by atoms with Crippen molar-refractivity contribution in [3.8, 4) is 22.3 Å². The molecule has 0 saturated heterocycles. The lowest BCUT2D eigenvalue weighted by atomic mass is 10.0. The average molecular weight is 414 g/mol. The molecule has 0 spiro atoms. The van der Waals surface area contributed by atoms with Crippen molar-refractivity contribution < 1.29 is 12.8 Å². The van der Waals surface area contributed by atoms with Crippen LogP contribution in [-0.4, -0.2) is 18.9 Å². The van der Waals surface area contributed by atoms with Crippen LogP contribution in [0.1, 0.15) is 27.2 Å². The molecule has 1 aromatic heterocycles. The molecule has 152 valence electrons. The highest BCUT2D eigenvalue weighted by Crippen LogP contribution is 2.32. The Kier molecular flexibility index (Phi) is 5.73. The Bertz CT molecular complexity index is 1130. The zero-order valence-electron chi connectivity index (χ0n) is 16.6. The van der Waals surface area contributed by atoms with Crippen molar-refractivity contribution in [3.05, 3.63) is 66.6 Å². The van der Waals surface area contributed by atoms with Crippen molar-refractivity contribution in [1.29, 1.82) is 0 Å². The van der Waals surface area contributed by atoms with E-state index in [4.69, 9.17) is 5.73 Å². The van der Waals surface area contributed by atoms with E-state index in [0.29, 0.717) is 34.5 Å². The van der Waals surface area contributed by atoms with Crippen LogP contribution in [0, 0.1) is 5.82 Å². The SMILES string of the molecule is CCC(C)(C)NS(=O)(=O)c1ccccc1-c1ccc(-c2ccc(N)nc2)c(F)c1. The quantitative estimate of drug-likeness (QED) is 0.618. The number of nitrogens with one attached hydrogen (secondary N) is 1. The Morgan fingerprint density at radius 2 is 1.72 bits per heavy atom. The van der Waals surface area contributed by atoms with Crippen LogP contribution in [0.4, 0.5) is 10.2 Å². The Hall–Kier alpha value is -2.77. The molecule has 0 aliphatic carbocycles. The summed E-state index contributed by atoms with van der Waals surface area (Å²) in [6, 6.07) is 14.5. The van der Waals surface area contributed by atoms with Crippen LogP contribution in [-0.2, 0) is 10.0 Å². The van der Waals surface area contributed by atoms with Gasteiger partial charge in [0.05, 0.1) is 4.90 Å². The summed E-state index contributed by atoms with van der Waals surface area (Å²) >= 11 is 0. The highest BCUT2D eigenvalue weighted by molar-refractivity contribution is 7.89. The van der Waals surface area contributed by atoms with E-state index in [9.17, 15) is 12.8 Å². The van der Waals surface area contributed by atoms with E-state index in [-0.39, 0.29) is 4.90 Å². The lowest BCUT2D eigenvalue weighted by molar-refractivity contribution is 0.439. The molecule has 0 unspecified atom stereocenters. The van der Waals surface area contributed by atoms with E-state index in [1.807, 2.05) is 20.8 Å². The van der Waals surface area contributed by atoms with Gasteiger partial charge in [0.1, 0.15) is 11.6 Å². The van der Waals surface area contributed by atoms with E-state index in [1.165, 1.54) is 18.3 Å². The van der Waals surface area contributed by atoms with Gasteiger partial charge < -0.3 is 5.73 Å². The summed E-state index contributed by atoms with van der Waals surface area (Å²) in [6.45, 7) is 5.55. The number of nitrogen functional groups attached to an aromatic ring is 1. The van der Waals surface area contributed by atoms with Crippen LogP contribution < -0.4 is 10.5 Å². The molecule has 5 nitrogen and oxygen atoms in total. The third-order valence-electron chi connectivity index (χ3n) is 4.85. The van der Waals surface area contributed by atoms with Gasteiger partial charge in [0, 0.05) is 28.4 Å². The van der Waals surface area contributed by atoms with Gasteiger partial charge in [-0.2, -0.15) is 0 Å². The monoisotopic (exact) mass is 413 g/mol. The molecule has 0 saturated carbocycles. The molecule has 7 heteroatoms. The number of benzene rings is 2. The number of anilines is 1. The third kappa shape index (κ3) is 4.63. The molecule has 0 radical (unpaired) electrons. The zero-order chi connectivity index (χ0) is 21.2. The van der Waals surface area contributed by atoms with Gasteiger partial charge in [0.2, 0.25) is 10.0 Å². The summed E-state index contributed by atoms with van der Waals surface area (Å²) in [7, 11) is -3.79. The van der Waals surface area contributed by atoms with E-state index in [0.717, 1.165) is 0 Å². The summed E-state index contributed by atoms with van der Waals surface area (Å²) in [4.78, 5) is 4.10. The van der Waals surface area contributed by atoms with Gasteiger partial charge in [-0.15, -0.1) is 0 Å². The van der Waals surface area contributed by atoms with E-state index >= 15 is 0 Å². The van der Waals surface area contributed by atoms with Crippen molar-refractivity contribution >= 4 is 15.8 Å². The van der Waals surface area contributed by atoms with Crippen LogP contribution in [0.5, 0.6) is 0 Å². The maximum absolute atomic E-state index is 14.9. The summed E-state index contributed by atoms with van der Waals surface area (Å²) in [6.07, 6.45) is 2.13. The maximum Gasteiger partial charge on any atom is 0.241 e. The first kappa shape index (κ1) is 21.0. The maximum atomic E-state index is 14.9. The minimum atomic E-state index is -3.79. The number of halogens is 1. The first-order valence-electron chi connectivity index (χ1n) is 9.28. The number of hydrogen-bond donors (Lipinski definition) is 2. The van der Waals surface area contributed by atoms with Crippen molar-refractivity contribution in [2.45, 2.75) is 37.6 Å². The number of sulfonamides is 1. The van der Waals surface area contributed by atoms with Gasteiger partial charge in [-0.1, -0.05) is 37.3 Å². The summed E-state index contributed by atoms with van der Waals surface area (Å²) in [5.41, 5.74) is 6.87. The molecule has 0 aliphatic heterocycles. The second kappa shape index (κ2) is 7.93. The molecule has 3 rings (SSSR count). The number of pyridine rings is 1. The van der Waals surface area contributed by atoms with Gasteiger partial charge >= 0.3 is 0 Å². The predicted molar refractivity (Wildman–Crippen MR) is 114 cm³/mol. The van der Waals surface area contributed by atoms with E-state index < -0.39 is 21.4 Å². The van der Waals surface area contributed by atoms with Gasteiger partial charge in [-0.25, -0.2) is 22.5 Å². The topological polar surface area (TPSA) is 85.1 Å². The fourth-order valence-electron chi connectivity index (χ4n) is 2.91. The first-order valence-corrected chi connectivity index (χ1v) is 10.8. The van der Waals surface area contributed by atoms with Crippen LogP contribution >= 0.6 is 0 Å². The highest BCUT2D eigenvalue weighted by Gasteiger charge is 2.27. The van der Waals surface area contributed by atoms with Gasteiger partial charge in [-0.05, 0) is 50.1 Å². The Morgan fingerprint density at radius 3 is 2.34 bits per heavy atom. The molecule has 0 aliphatic rings. The van der Waals surface area contributed by atoms with Crippen molar-refractivity contribution in [1.82, 2.24) is 9.71 Å². The largest absolute Gasteiger partial charge is 0.384 e. The number of nitrogens with two attached hydrogens (primary N) is 1. The molecule has 3 N–H and O–H groups in total. The summed E-state index contributed by atoms with van der Waals surface area (Å²) in [5.74, 6) is -0.115. The molecule has 1 heterocycles. The highest BCUT2D eigenvalue weighted by atomic mass is 32.2. The minimum Gasteiger partial charge on any atom is -0.384 e. The second-order valence-corrected chi connectivity index (χ2v) is 9.16. The normalized spacial score (nSPS) is 12.1. The fraction of sp³-hybridized carbons (Fsp3) is 0.227. The molecule has 2 aromatic carbocycles. The number of hydrogen-bond acceptors (Lipinski definition) is 4. The molecule has 0 amide bonds. The van der Waals surface area contributed by atoms with E-state index in [1.54, 1.807) is 42.5 Å². The molecule has 0 atom stereocenters. The van der Waals surface area contributed by atoms with Gasteiger partial charge in [0.25, 0.3) is 0 Å². The van der Waals surface area contributed by atoms with Crippen LogP contribution in [0.2, 0.25) is 0 Å². The van der Waals surface area contributed by atoms with Gasteiger partial charge in [0.15, 0.2) is 0 Å². The van der Waals surface area contributed by atoms with Crippen LogP contribution in [0.3, 0.4) is 0 Å². The molecule has 0 fully saturated rings. The Labute approximate surface area is 170 Å². The number of aromatic nitrogens is 1. The first-order chi connectivity index (χ1) is 13.6. The fourth-order valence-corrected chi connectivity index (χ4v) is 4.63. The van der Waals surface area contributed by atoms with E-state index in [2.05, 4.69) is 9.71 Å². The molecule has 0 bridgehead atoms. The summed E-state index contributed by atoms with van der Waals surface area (Å²) < 4.78 is 43.5. The smallest absolute Gasteiger partial charge is 0.241 e.